The minimum absolute atomic E-state index is 0.00326. The molecule has 0 spiro atoms. The van der Waals surface area contributed by atoms with Crippen LogP contribution in [0.4, 0.5) is 0 Å². The lowest BCUT2D eigenvalue weighted by molar-refractivity contribution is -0.142. The van der Waals surface area contributed by atoms with E-state index < -0.39 is 21.9 Å². The zero-order valence-electron chi connectivity index (χ0n) is 11.6. The van der Waals surface area contributed by atoms with Gasteiger partial charge in [0.05, 0.1) is 22.4 Å². The highest BCUT2D eigenvalue weighted by atomic mass is 32.2. The van der Waals surface area contributed by atoms with E-state index in [-0.39, 0.29) is 11.4 Å². The van der Waals surface area contributed by atoms with E-state index in [0.717, 1.165) is 0 Å². The molecule has 0 aliphatic carbocycles. The fourth-order valence-corrected chi connectivity index (χ4v) is 4.04. The lowest BCUT2D eigenvalue weighted by Gasteiger charge is -2.29. The number of nitriles is 1. The van der Waals surface area contributed by atoms with Gasteiger partial charge in [-0.05, 0) is 43.5 Å². The number of carboxylic acid groups (broad SMARTS) is 1. The van der Waals surface area contributed by atoms with Gasteiger partial charge in [0.25, 0.3) is 0 Å². The van der Waals surface area contributed by atoms with Crippen LogP contribution in [-0.2, 0) is 14.8 Å². The first-order chi connectivity index (χ1) is 9.86. The topological polar surface area (TPSA) is 98.5 Å². The van der Waals surface area contributed by atoms with Crippen LogP contribution in [0.1, 0.15) is 24.0 Å². The molecular formula is C14H16N2O4S. The van der Waals surface area contributed by atoms with Crippen LogP contribution in [-0.4, -0.2) is 36.9 Å². The minimum atomic E-state index is -3.72. The van der Waals surface area contributed by atoms with Crippen LogP contribution in [0, 0.1) is 24.2 Å². The Hall–Kier alpha value is -1.91. The molecule has 7 heteroatoms. The van der Waals surface area contributed by atoms with E-state index in [1.165, 1.54) is 22.5 Å². The highest BCUT2D eigenvalue weighted by Gasteiger charge is 2.33. The van der Waals surface area contributed by atoms with Crippen molar-refractivity contribution in [2.75, 3.05) is 13.1 Å². The Morgan fingerprint density at radius 3 is 2.76 bits per heavy atom. The van der Waals surface area contributed by atoms with Crippen LogP contribution in [0.2, 0.25) is 0 Å². The minimum Gasteiger partial charge on any atom is -0.481 e. The zero-order valence-corrected chi connectivity index (χ0v) is 12.4. The molecule has 0 radical (unpaired) electrons. The number of hydrogen-bond acceptors (Lipinski definition) is 4. The molecule has 1 aromatic rings. The number of sulfonamides is 1. The van der Waals surface area contributed by atoms with Crippen molar-refractivity contribution in [2.24, 2.45) is 5.92 Å². The van der Waals surface area contributed by atoms with Gasteiger partial charge < -0.3 is 5.11 Å². The Balaban J connectivity index is 2.32. The third-order valence-electron chi connectivity index (χ3n) is 3.69. The van der Waals surface area contributed by atoms with Crippen LogP contribution in [0.15, 0.2) is 23.1 Å². The van der Waals surface area contributed by atoms with Crippen molar-refractivity contribution in [2.45, 2.75) is 24.7 Å². The summed E-state index contributed by atoms with van der Waals surface area (Å²) >= 11 is 0. The van der Waals surface area contributed by atoms with E-state index in [1.54, 1.807) is 6.92 Å². The summed E-state index contributed by atoms with van der Waals surface area (Å²) in [6.07, 6.45) is 1.03. The van der Waals surface area contributed by atoms with Crippen molar-refractivity contribution in [3.8, 4) is 6.07 Å². The van der Waals surface area contributed by atoms with E-state index in [1.807, 2.05) is 6.07 Å². The first-order valence-electron chi connectivity index (χ1n) is 6.60. The average molecular weight is 308 g/mol. The molecule has 1 saturated heterocycles. The van der Waals surface area contributed by atoms with Gasteiger partial charge in [0, 0.05) is 13.1 Å². The zero-order chi connectivity index (χ0) is 15.6. The van der Waals surface area contributed by atoms with E-state index in [2.05, 4.69) is 0 Å². The highest BCUT2D eigenvalue weighted by Crippen LogP contribution is 2.25. The molecular weight excluding hydrogens is 292 g/mol. The Bertz CT molecular complexity index is 706. The van der Waals surface area contributed by atoms with Gasteiger partial charge in [-0.2, -0.15) is 9.57 Å². The first-order valence-corrected chi connectivity index (χ1v) is 8.04. The van der Waals surface area contributed by atoms with Gasteiger partial charge in [-0.1, -0.05) is 0 Å². The molecule has 1 fully saturated rings. The number of hydrogen-bond donors (Lipinski definition) is 1. The summed E-state index contributed by atoms with van der Waals surface area (Å²) in [5, 5.41) is 17.9. The van der Waals surface area contributed by atoms with Crippen LogP contribution in [0.25, 0.3) is 0 Å². The van der Waals surface area contributed by atoms with Gasteiger partial charge in [0.1, 0.15) is 0 Å². The average Bonchev–Trinajstić information content (AvgIpc) is 2.47. The molecule has 1 aromatic carbocycles. The lowest BCUT2D eigenvalue weighted by Crippen LogP contribution is -2.42. The maximum atomic E-state index is 12.6. The van der Waals surface area contributed by atoms with E-state index in [9.17, 15) is 13.2 Å². The second kappa shape index (κ2) is 5.84. The largest absolute Gasteiger partial charge is 0.481 e. The number of carboxylic acids is 1. The number of benzene rings is 1. The van der Waals surface area contributed by atoms with Crippen molar-refractivity contribution in [1.29, 1.82) is 5.26 Å². The van der Waals surface area contributed by atoms with Crippen molar-refractivity contribution >= 4 is 16.0 Å². The summed E-state index contributed by atoms with van der Waals surface area (Å²) in [6, 6.07) is 6.31. The van der Waals surface area contributed by atoms with E-state index in [0.29, 0.717) is 30.5 Å². The molecule has 6 nitrogen and oxygen atoms in total. The summed E-state index contributed by atoms with van der Waals surface area (Å²) in [5.41, 5.74) is 1.02. The number of rotatable bonds is 3. The third-order valence-corrected chi connectivity index (χ3v) is 5.55. The Morgan fingerprint density at radius 2 is 2.19 bits per heavy atom. The number of carbonyl (C=O) groups is 1. The number of aryl methyl sites for hydroxylation is 1. The van der Waals surface area contributed by atoms with Crippen molar-refractivity contribution in [3.63, 3.8) is 0 Å². The molecule has 112 valence electrons. The molecule has 0 saturated carbocycles. The molecule has 0 amide bonds. The molecule has 1 aliphatic heterocycles. The highest BCUT2D eigenvalue weighted by molar-refractivity contribution is 7.89. The Labute approximate surface area is 123 Å². The SMILES string of the molecule is Cc1cc(S(=O)(=O)N2CCC[C@H](C(=O)O)C2)ccc1C#N. The number of aliphatic carboxylic acids is 1. The van der Waals surface area contributed by atoms with Gasteiger partial charge in [-0.25, -0.2) is 8.42 Å². The van der Waals surface area contributed by atoms with E-state index >= 15 is 0 Å². The molecule has 1 N–H and O–H groups in total. The van der Waals surface area contributed by atoms with Crippen molar-refractivity contribution < 1.29 is 18.3 Å². The standard InChI is InChI=1S/C14H16N2O4S/c1-10-7-13(5-4-11(10)8-15)21(19,20)16-6-2-3-12(9-16)14(17)18/h4-5,7,12H,2-3,6,9H2,1H3,(H,17,18)/t12-/m0/s1. The Morgan fingerprint density at radius 1 is 1.48 bits per heavy atom. The smallest absolute Gasteiger partial charge is 0.307 e. The lowest BCUT2D eigenvalue weighted by atomic mass is 10.0. The molecule has 21 heavy (non-hydrogen) atoms. The van der Waals surface area contributed by atoms with Crippen LogP contribution < -0.4 is 0 Å². The van der Waals surface area contributed by atoms with Crippen LogP contribution in [0.5, 0.6) is 0 Å². The maximum Gasteiger partial charge on any atom is 0.307 e. The molecule has 2 rings (SSSR count). The van der Waals surface area contributed by atoms with Crippen LogP contribution in [0.3, 0.4) is 0 Å². The molecule has 0 bridgehead atoms. The maximum absolute atomic E-state index is 12.6. The van der Waals surface area contributed by atoms with Gasteiger partial charge in [0.2, 0.25) is 10.0 Å². The summed E-state index contributed by atoms with van der Waals surface area (Å²) in [6.45, 7) is 2.00. The molecule has 0 unspecified atom stereocenters. The van der Waals surface area contributed by atoms with Crippen molar-refractivity contribution in [3.05, 3.63) is 29.3 Å². The fourth-order valence-electron chi connectivity index (χ4n) is 2.43. The summed E-state index contributed by atoms with van der Waals surface area (Å²) in [5.74, 6) is -1.63. The van der Waals surface area contributed by atoms with Gasteiger partial charge in [0.15, 0.2) is 0 Å². The normalized spacial score (nSPS) is 19.9. The van der Waals surface area contributed by atoms with Gasteiger partial charge in [-0.15, -0.1) is 0 Å². The monoisotopic (exact) mass is 308 g/mol. The predicted octanol–water partition coefficient (Wildman–Crippen LogP) is 1.35. The Kier molecular flexibility index (Phi) is 4.30. The number of piperidine rings is 1. The predicted molar refractivity (Wildman–Crippen MR) is 75.0 cm³/mol. The second-order valence-electron chi connectivity index (χ2n) is 5.13. The van der Waals surface area contributed by atoms with Gasteiger partial charge in [-0.3, -0.25) is 4.79 Å². The fraction of sp³-hybridized carbons (Fsp3) is 0.429. The summed E-state index contributed by atoms with van der Waals surface area (Å²) < 4.78 is 26.3. The van der Waals surface area contributed by atoms with Gasteiger partial charge >= 0.3 is 5.97 Å². The third kappa shape index (κ3) is 3.06. The molecule has 1 heterocycles. The first kappa shape index (κ1) is 15.5. The second-order valence-corrected chi connectivity index (χ2v) is 7.07. The quantitative estimate of drug-likeness (QED) is 0.908. The molecule has 0 aromatic heterocycles. The van der Waals surface area contributed by atoms with Crippen LogP contribution >= 0.6 is 0 Å². The molecule has 1 atom stereocenters. The number of nitrogens with zero attached hydrogens (tertiary/aromatic N) is 2. The summed E-state index contributed by atoms with van der Waals surface area (Å²) in [7, 11) is -3.72. The van der Waals surface area contributed by atoms with Crippen molar-refractivity contribution in [1.82, 2.24) is 4.31 Å². The summed E-state index contributed by atoms with van der Waals surface area (Å²) in [4.78, 5) is 11.1. The molecule has 1 aliphatic rings. The van der Waals surface area contributed by atoms with E-state index in [4.69, 9.17) is 10.4 Å².